The Kier molecular flexibility index (Phi) is 2.59. The third kappa shape index (κ3) is 1.61. The van der Waals surface area contributed by atoms with Gasteiger partial charge in [-0.1, -0.05) is 18.2 Å². The van der Waals surface area contributed by atoms with Crippen LogP contribution in [-0.4, -0.2) is 14.5 Å². The molecule has 0 saturated heterocycles. The van der Waals surface area contributed by atoms with Gasteiger partial charge in [-0.2, -0.15) is 0 Å². The monoisotopic (exact) mass is 302 g/mol. The molecule has 0 aliphatic carbocycles. The molecule has 90 valence electrons. The Balaban J connectivity index is 2.38. The summed E-state index contributed by atoms with van der Waals surface area (Å²) < 4.78 is 2.77. The van der Waals surface area contributed by atoms with Gasteiger partial charge in [-0.25, -0.2) is 4.98 Å². The van der Waals surface area contributed by atoms with Crippen LogP contribution in [-0.2, 0) is 0 Å². The minimum absolute atomic E-state index is 0.235. The summed E-state index contributed by atoms with van der Waals surface area (Å²) in [7, 11) is 0. The van der Waals surface area contributed by atoms with Gasteiger partial charge in [0.2, 0.25) is 0 Å². The van der Waals surface area contributed by atoms with Crippen LogP contribution in [0.25, 0.3) is 16.9 Å². The second-order valence-corrected chi connectivity index (χ2v) is 4.90. The Morgan fingerprint density at radius 2 is 1.94 bits per heavy atom. The maximum atomic E-state index is 9.93. The second-order valence-electron chi connectivity index (χ2n) is 4.15. The molecule has 3 aromatic rings. The zero-order valence-electron chi connectivity index (χ0n) is 9.76. The molecule has 2 aromatic heterocycles. The molecule has 0 atom stereocenters. The lowest BCUT2D eigenvalue weighted by atomic mass is 10.2. The lowest BCUT2D eigenvalue weighted by Crippen LogP contribution is -1.90. The number of para-hydroxylation sites is 1. The van der Waals surface area contributed by atoms with Crippen LogP contribution in [0.3, 0.4) is 0 Å². The average molecular weight is 303 g/mol. The van der Waals surface area contributed by atoms with Crippen molar-refractivity contribution in [3.8, 4) is 17.1 Å². The van der Waals surface area contributed by atoms with Crippen molar-refractivity contribution < 1.29 is 5.11 Å². The van der Waals surface area contributed by atoms with Gasteiger partial charge in [-0.05, 0) is 46.6 Å². The highest BCUT2D eigenvalue weighted by Gasteiger charge is 2.14. The van der Waals surface area contributed by atoms with E-state index in [1.54, 1.807) is 12.1 Å². The van der Waals surface area contributed by atoms with Crippen LogP contribution in [0.15, 0.2) is 47.2 Å². The van der Waals surface area contributed by atoms with Crippen molar-refractivity contribution >= 4 is 21.4 Å². The molecular formula is C14H11BrN2O. The van der Waals surface area contributed by atoms with E-state index in [0.717, 1.165) is 27.1 Å². The molecule has 3 rings (SSSR count). The number of aryl methyl sites for hydroxylation is 1. The summed E-state index contributed by atoms with van der Waals surface area (Å²) in [5, 5.41) is 9.93. The fraction of sp³-hybridized carbons (Fsp3) is 0.0714. The Morgan fingerprint density at radius 3 is 2.72 bits per heavy atom. The Hall–Kier alpha value is -1.81. The van der Waals surface area contributed by atoms with Crippen LogP contribution >= 0.6 is 15.9 Å². The first-order chi connectivity index (χ1) is 8.68. The zero-order chi connectivity index (χ0) is 12.7. The van der Waals surface area contributed by atoms with Gasteiger partial charge in [0.05, 0.1) is 11.1 Å². The number of benzene rings is 1. The number of hydrogen-bond acceptors (Lipinski definition) is 2. The fourth-order valence-electron chi connectivity index (χ4n) is 2.11. The SMILES string of the molecule is Cc1cccn2c(-c3ccccc3O)nc(Br)c12. The molecule has 0 amide bonds. The largest absolute Gasteiger partial charge is 0.507 e. The van der Waals surface area contributed by atoms with Crippen molar-refractivity contribution in [3.63, 3.8) is 0 Å². The number of phenols is 1. The highest BCUT2D eigenvalue weighted by molar-refractivity contribution is 9.10. The van der Waals surface area contributed by atoms with Gasteiger partial charge >= 0.3 is 0 Å². The maximum Gasteiger partial charge on any atom is 0.149 e. The summed E-state index contributed by atoms with van der Waals surface area (Å²) >= 11 is 3.48. The van der Waals surface area contributed by atoms with Crippen molar-refractivity contribution in [2.45, 2.75) is 6.92 Å². The van der Waals surface area contributed by atoms with E-state index < -0.39 is 0 Å². The van der Waals surface area contributed by atoms with Crippen molar-refractivity contribution in [2.75, 3.05) is 0 Å². The second kappa shape index (κ2) is 4.14. The fourth-order valence-corrected chi connectivity index (χ4v) is 2.78. The van der Waals surface area contributed by atoms with E-state index in [1.165, 1.54) is 0 Å². The van der Waals surface area contributed by atoms with E-state index in [9.17, 15) is 5.11 Å². The Bertz CT molecular complexity index is 734. The minimum atomic E-state index is 0.235. The predicted octanol–water partition coefficient (Wildman–Crippen LogP) is 3.78. The van der Waals surface area contributed by atoms with E-state index in [1.807, 2.05) is 41.8 Å². The minimum Gasteiger partial charge on any atom is -0.507 e. The molecule has 0 saturated carbocycles. The number of halogens is 1. The summed E-state index contributed by atoms with van der Waals surface area (Å²) in [6.45, 7) is 2.04. The van der Waals surface area contributed by atoms with Gasteiger partial charge in [0, 0.05) is 6.20 Å². The van der Waals surface area contributed by atoms with E-state index in [-0.39, 0.29) is 5.75 Å². The van der Waals surface area contributed by atoms with Gasteiger partial charge < -0.3 is 5.11 Å². The molecule has 0 radical (unpaired) electrons. The number of rotatable bonds is 1. The van der Waals surface area contributed by atoms with Crippen molar-refractivity contribution in [1.29, 1.82) is 0 Å². The zero-order valence-corrected chi connectivity index (χ0v) is 11.3. The number of nitrogens with zero attached hydrogens (tertiary/aromatic N) is 2. The lowest BCUT2D eigenvalue weighted by molar-refractivity contribution is 0.477. The molecule has 0 fully saturated rings. The quantitative estimate of drug-likeness (QED) is 0.743. The van der Waals surface area contributed by atoms with Crippen molar-refractivity contribution in [3.05, 3.63) is 52.8 Å². The summed E-state index contributed by atoms with van der Waals surface area (Å²) in [6, 6.07) is 11.2. The molecule has 0 bridgehead atoms. The van der Waals surface area contributed by atoms with Crippen LogP contribution < -0.4 is 0 Å². The van der Waals surface area contributed by atoms with Crippen LogP contribution in [0, 0.1) is 6.92 Å². The van der Waals surface area contributed by atoms with Crippen molar-refractivity contribution in [1.82, 2.24) is 9.38 Å². The summed E-state index contributed by atoms with van der Waals surface area (Å²) in [5.41, 5.74) is 2.89. The summed E-state index contributed by atoms with van der Waals surface area (Å²) in [4.78, 5) is 4.50. The first-order valence-corrected chi connectivity index (χ1v) is 6.39. The van der Waals surface area contributed by atoms with Crippen LogP contribution in [0.2, 0.25) is 0 Å². The van der Waals surface area contributed by atoms with E-state index in [2.05, 4.69) is 20.9 Å². The van der Waals surface area contributed by atoms with E-state index >= 15 is 0 Å². The van der Waals surface area contributed by atoms with Gasteiger partial charge in [-0.3, -0.25) is 4.40 Å². The van der Waals surface area contributed by atoms with Gasteiger partial charge in [-0.15, -0.1) is 0 Å². The first kappa shape index (κ1) is 11.3. The molecule has 2 heterocycles. The number of fused-ring (bicyclic) bond motifs is 1. The van der Waals surface area contributed by atoms with E-state index in [4.69, 9.17) is 0 Å². The normalized spacial score (nSPS) is 11.0. The van der Waals surface area contributed by atoms with Crippen LogP contribution in [0.5, 0.6) is 5.75 Å². The summed E-state index contributed by atoms with van der Waals surface area (Å²) in [6.07, 6.45) is 1.95. The molecular weight excluding hydrogens is 292 g/mol. The smallest absolute Gasteiger partial charge is 0.149 e. The van der Waals surface area contributed by atoms with Gasteiger partial charge in [0.1, 0.15) is 16.2 Å². The Labute approximate surface area is 113 Å². The number of phenolic OH excluding ortho intramolecular Hbond substituents is 1. The van der Waals surface area contributed by atoms with Gasteiger partial charge in [0.15, 0.2) is 0 Å². The number of aromatic hydroxyl groups is 1. The number of hydrogen-bond donors (Lipinski definition) is 1. The lowest BCUT2D eigenvalue weighted by Gasteiger charge is -2.04. The number of pyridine rings is 1. The molecule has 1 N–H and O–H groups in total. The predicted molar refractivity (Wildman–Crippen MR) is 74.7 cm³/mol. The van der Waals surface area contributed by atoms with E-state index in [0.29, 0.717) is 0 Å². The first-order valence-electron chi connectivity index (χ1n) is 5.60. The third-order valence-electron chi connectivity index (χ3n) is 2.97. The molecule has 4 heteroatoms. The molecule has 0 aliphatic rings. The standard InChI is InChI=1S/C14H11BrN2O/c1-9-5-4-8-17-12(9)13(15)16-14(17)10-6-2-3-7-11(10)18/h2-8,18H,1H3. The third-order valence-corrected chi connectivity index (χ3v) is 3.52. The summed E-state index contributed by atoms with van der Waals surface area (Å²) in [5.74, 6) is 0.970. The number of imidazole rings is 1. The highest BCUT2D eigenvalue weighted by Crippen LogP contribution is 2.32. The average Bonchev–Trinajstić information content (AvgIpc) is 2.69. The maximum absolute atomic E-state index is 9.93. The molecule has 18 heavy (non-hydrogen) atoms. The van der Waals surface area contributed by atoms with Gasteiger partial charge in [0.25, 0.3) is 0 Å². The van der Waals surface area contributed by atoms with Crippen LogP contribution in [0.4, 0.5) is 0 Å². The highest BCUT2D eigenvalue weighted by atomic mass is 79.9. The molecule has 0 spiro atoms. The topological polar surface area (TPSA) is 37.5 Å². The number of aromatic nitrogens is 2. The molecule has 0 aliphatic heterocycles. The molecule has 0 unspecified atom stereocenters. The molecule has 3 nitrogen and oxygen atoms in total. The Morgan fingerprint density at radius 1 is 1.17 bits per heavy atom. The van der Waals surface area contributed by atoms with Crippen LogP contribution in [0.1, 0.15) is 5.56 Å². The molecule has 1 aromatic carbocycles. The van der Waals surface area contributed by atoms with Crippen molar-refractivity contribution in [2.24, 2.45) is 0 Å².